The molecule has 0 spiro atoms. The van der Waals surface area contributed by atoms with Crippen LogP contribution in [0.3, 0.4) is 0 Å². The summed E-state index contributed by atoms with van der Waals surface area (Å²) < 4.78 is 41.9. The van der Waals surface area contributed by atoms with Gasteiger partial charge >= 0.3 is 5.97 Å². The predicted octanol–water partition coefficient (Wildman–Crippen LogP) is 5.28. The van der Waals surface area contributed by atoms with Gasteiger partial charge in [-0.05, 0) is 81.5 Å². The largest absolute Gasteiger partial charge is 0.480 e. The van der Waals surface area contributed by atoms with Crippen LogP contribution in [0.15, 0.2) is 24.3 Å². The number of nitrogens with zero attached hydrogens (tertiary/aromatic N) is 1. The monoisotopic (exact) mass is 454 g/mol. The van der Waals surface area contributed by atoms with Crippen LogP contribution in [0.4, 0.5) is 13.2 Å². The summed E-state index contributed by atoms with van der Waals surface area (Å²) in [5.41, 5.74) is -0.108. The summed E-state index contributed by atoms with van der Waals surface area (Å²) in [6.07, 6.45) is 5.27. The molecule has 1 saturated carbocycles. The van der Waals surface area contributed by atoms with Gasteiger partial charge < -0.3 is 15.3 Å². The van der Waals surface area contributed by atoms with Gasteiger partial charge in [-0.15, -0.1) is 0 Å². The molecule has 0 aromatic heterocycles. The van der Waals surface area contributed by atoms with Crippen molar-refractivity contribution in [3.05, 3.63) is 35.6 Å². The van der Waals surface area contributed by atoms with Gasteiger partial charge in [-0.2, -0.15) is 0 Å². The van der Waals surface area contributed by atoms with Crippen molar-refractivity contribution in [2.45, 2.75) is 76.8 Å². The Balaban J connectivity index is 1.37. The Hall–Kier alpha value is -1.60. The second-order valence-corrected chi connectivity index (χ2v) is 10.1. The van der Waals surface area contributed by atoms with Gasteiger partial charge in [-0.3, -0.25) is 4.79 Å². The number of hydrogen-bond acceptors (Lipinski definition) is 3. The average Bonchev–Trinajstić information content (AvgIpc) is 3.18. The Morgan fingerprint density at radius 2 is 1.78 bits per heavy atom. The molecule has 180 valence electrons. The highest BCUT2D eigenvalue weighted by Gasteiger charge is 2.34. The minimum atomic E-state index is -2.92. The van der Waals surface area contributed by atoms with Crippen LogP contribution in [0, 0.1) is 23.6 Å². The summed E-state index contributed by atoms with van der Waals surface area (Å²) in [5, 5.41) is 12.7. The van der Waals surface area contributed by atoms with Gasteiger partial charge in [0, 0.05) is 24.6 Å². The predicted molar refractivity (Wildman–Crippen MR) is 119 cm³/mol. The Bertz CT molecular complexity index is 733. The first kappa shape index (κ1) is 25.0. The third-order valence-corrected chi connectivity index (χ3v) is 7.25. The van der Waals surface area contributed by atoms with Gasteiger partial charge in [0.05, 0.1) is 0 Å². The summed E-state index contributed by atoms with van der Waals surface area (Å²) in [7, 11) is 0. The zero-order chi connectivity index (χ0) is 23.3. The molecular weight excluding hydrogens is 417 g/mol. The van der Waals surface area contributed by atoms with E-state index in [0.717, 1.165) is 63.9 Å². The lowest BCUT2D eigenvalue weighted by molar-refractivity contribution is -0.140. The Morgan fingerprint density at radius 1 is 1.12 bits per heavy atom. The van der Waals surface area contributed by atoms with E-state index in [0.29, 0.717) is 18.3 Å². The highest BCUT2D eigenvalue weighted by Crippen LogP contribution is 2.36. The number of carboxylic acid groups (broad SMARTS) is 1. The first-order valence-corrected chi connectivity index (χ1v) is 12.0. The fraction of sp³-hybridized carbons (Fsp3) is 0.720. The van der Waals surface area contributed by atoms with Crippen LogP contribution in [0.5, 0.6) is 0 Å². The van der Waals surface area contributed by atoms with E-state index in [1.165, 1.54) is 12.1 Å². The van der Waals surface area contributed by atoms with E-state index in [1.807, 2.05) is 13.8 Å². The van der Waals surface area contributed by atoms with E-state index in [-0.39, 0.29) is 23.9 Å². The van der Waals surface area contributed by atoms with Crippen molar-refractivity contribution in [1.82, 2.24) is 10.2 Å². The quantitative estimate of drug-likeness (QED) is 0.505. The molecule has 3 atom stereocenters. The van der Waals surface area contributed by atoms with Crippen molar-refractivity contribution in [2.75, 3.05) is 19.6 Å². The maximum atomic E-state index is 14.4. The Kier molecular flexibility index (Phi) is 8.62. The number of piperidine rings is 1. The zero-order valence-electron chi connectivity index (χ0n) is 19.2. The summed E-state index contributed by atoms with van der Waals surface area (Å²) >= 11 is 0. The van der Waals surface area contributed by atoms with Crippen molar-refractivity contribution in [2.24, 2.45) is 17.8 Å². The fourth-order valence-electron chi connectivity index (χ4n) is 5.24. The molecule has 1 saturated heterocycles. The van der Waals surface area contributed by atoms with E-state index in [4.69, 9.17) is 0 Å². The minimum Gasteiger partial charge on any atom is -0.480 e. The molecule has 3 unspecified atom stereocenters. The summed E-state index contributed by atoms with van der Waals surface area (Å²) in [5.74, 6) is -3.27. The molecule has 1 aromatic rings. The molecule has 0 bridgehead atoms. The number of carbonyl (C=O) groups is 1. The van der Waals surface area contributed by atoms with Crippen LogP contribution < -0.4 is 5.32 Å². The lowest BCUT2D eigenvalue weighted by Crippen LogP contribution is -2.45. The van der Waals surface area contributed by atoms with Crippen molar-refractivity contribution >= 4 is 5.97 Å². The molecular formula is C25H37F3N2O2. The number of likely N-dealkylation sites (tertiary alicyclic amines) is 1. The molecule has 0 radical (unpaired) electrons. The van der Waals surface area contributed by atoms with Crippen LogP contribution in [-0.4, -0.2) is 47.7 Å². The van der Waals surface area contributed by atoms with Crippen molar-refractivity contribution in [1.29, 1.82) is 0 Å². The topological polar surface area (TPSA) is 52.6 Å². The molecule has 2 N–H and O–H groups in total. The van der Waals surface area contributed by atoms with Gasteiger partial charge in [0.2, 0.25) is 0 Å². The van der Waals surface area contributed by atoms with Gasteiger partial charge in [0.1, 0.15) is 11.9 Å². The number of rotatable bonds is 10. The van der Waals surface area contributed by atoms with Crippen molar-refractivity contribution in [3.8, 4) is 0 Å². The maximum absolute atomic E-state index is 14.4. The zero-order valence-corrected chi connectivity index (χ0v) is 19.2. The first-order chi connectivity index (χ1) is 15.1. The molecule has 7 heteroatoms. The van der Waals surface area contributed by atoms with Crippen LogP contribution in [-0.2, 0) is 10.7 Å². The smallest absolute Gasteiger partial charge is 0.320 e. The average molecular weight is 455 g/mol. The van der Waals surface area contributed by atoms with Crippen LogP contribution in [0.25, 0.3) is 0 Å². The third kappa shape index (κ3) is 6.95. The van der Waals surface area contributed by atoms with Crippen LogP contribution in [0.2, 0.25) is 0 Å². The molecule has 2 aliphatic rings. The maximum Gasteiger partial charge on any atom is 0.320 e. The normalized spacial score (nSPS) is 24.2. The number of aliphatic carboxylic acids is 1. The van der Waals surface area contributed by atoms with Gasteiger partial charge in [-0.1, -0.05) is 26.0 Å². The number of halogens is 3. The summed E-state index contributed by atoms with van der Waals surface area (Å²) in [6.45, 7) is 6.74. The second kappa shape index (κ2) is 11.0. The second-order valence-electron chi connectivity index (χ2n) is 10.1. The van der Waals surface area contributed by atoms with Crippen molar-refractivity contribution in [3.63, 3.8) is 0 Å². The first-order valence-electron chi connectivity index (χ1n) is 12.0. The third-order valence-electron chi connectivity index (χ3n) is 7.25. The SMILES string of the molecule is CC(C)C(NC1CCC(CN2CCC(CCC(F)(F)c3ccc(F)cc3)CC2)C1)C(=O)O. The van der Waals surface area contributed by atoms with Crippen LogP contribution in [0.1, 0.15) is 64.4 Å². The molecule has 3 rings (SSSR count). The standard InChI is InChI=1S/C25H37F3N2O2/c1-17(2)23(24(31)32)29-22-8-3-19(15-22)16-30-13-10-18(11-14-30)9-12-25(27,28)20-4-6-21(26)7-5-20/h4-7,17-19,22-23,29H,3,8-16H2,1-2H3,(H,31,32). The number of benzene rings is 1. The molecule has 1 heterocycles. The molecule has 0 amide bonds. The Morgan fingerprint density at radius 3 is 2.38 bits per heavy atom. The van der Waals surface area contributed by atoms with E-state index in [9.17, 15) is 23.1 Å². The lowest BCUT2D eigenvalue weighted by atomic mass is 9.89. The molecule has 1 aliphatic carbocycles. The number of alkyl halides is 2. The molecule has 1 aliphatic heterocycles. The van der Waals surface area contributed by atoms with Gasteiger partial charge in [0.25, 0.3) is 5.92 Å². The van der Waals surface area contributed by atoms with Crippen molar-refractivity contribution < 1.29 is 23.1 Å². The molecule has 4 nitrogen and oxygen atoms in total. The summed E-state index contributed by atoms with van der Waals surface area (Å²) in [6, 6.07) is 4.31. The summed E-state index contributed by atoms with van der Waals surface area (Å²) in [4.78, 5) is 13.9. The Labute approximate surface area is 189 Å². The number of nitrogens with one attached hydrogen (secondary N) is 1. The minimum absolute atomic E-state index is 0.0565. The number of carboxylic acids is 1. The fourth-order valence-corrected chi connectivity index (χ4v) is 5.24. The molecule has 32 heavy (non-hydrogen) atoms. The molecule has 2 fully saturated rings. The number of hydrogen-bond donors (Lipinski definition) is 2. The highest BCUT2D eigenvalue weighted by atomic mass is 19.3. The van der Waals surface area contributed by atoms with E-state index < -0.39 is 23.8 Å². The van der Waals surface area contributed by atoms with Gasteiger partial charge in [0.15, 0.2) is 0 Å². The van der Waals surface area contributed by atoms with Crippen LogP contribution >= 0.6 is 0 Å². The lowest BCUT2D eigenvalue weighted by Gasteiger charge is -2.34. The molecule has 1 aromatic carbocycles. The highest BCUT2D eigenvalue weighted by molar-refractivity contribution is 5.73. The van der Waals surface area contributed by atoms with E-state index in [2.05, 4.69) is 10.2 Å². The van der Waals surface area contributed by atoms with E-state index >= 15 is 0 Å². The van der Waals surface area contributed by atoms with Gasteiger partial charge in [-0.25, -0.2) is 13.2 Å². The van der Waals surface area contributed by atoms with E-state index in [1.54, 1.807) is 0 Å².